The summed E-state index contributed by atoms with van der Waals surface area (Å²) in [6, 6.07) is 3.05. The molecule has 21 heavy (non-hydrogen) atoms. The van der Waals surface area contributed by atoms with Crippen LogP contribution in [0.1, 0.15) is 18.7 Å². The number of nitrogens with one attached hydrogen (secondary N) is 1. The summed E-state index contributed by atoms with van der Waals surface area (Å²) in [5, 5.41) is 13.5. The Morgan fingerprint density at radius 1 is 1.33 bits per heavy atom. The second-order valence-electron chi connectivity index (χ2n) is 4.96. The molecule has 9 heteroatoms. The number of halogens is 3. The van der Waals surface area contributed by atoms with E-state index < -0.39 is 12.0 Å². The van der Waals surface area contributed by atoms with Gasteiger partial charge in [-0.3, -0.25) is 0 Å². The van der Waals surface area contributed by atoms with Gasteiger partial charge in [-0.25, -0.2) is 0 Å². The van der Waals surface area contributed by atoms with Crippen LogP contribution in [-0.2, 0) is 10.9 Å². The van der Waals surface area contributed by atoms with Gasteiger partial charge in [0.25, 0.3) is 5.82 Å². The molecule has 0 aliphatic carbocycles. The van der Waals surface area contributed by atoms with E-state index in [0.717, 1.165) is 26.1 Å². The maximum Gasteiger partial charge on any atom is 0.453 e. The smallest absolute Gasteiger partial charge is 0.381 e. The summed E-state index contributed by atoms with van der Waals surface area (Å²) in [7, 11) is 0. The summed E-state index contributed by atoms with van der Waals surface area (Å²) >= 11 is 0. The molecule has 2 aromatic heterocycles. The third-order valence-electron chi connectivity index (χ3n) is 3.40. The van der Waals surface area contributed by atoms with E-state index in [4.69, 9.17) is 4.74 Å². The zero-order valence-electron chi connectivity index (χ0n) is 11.1. The summed E-state index contributed by atoms with van der Waals surface area (Å²) in [6.45, 7) is 2.17. The fourth-order valence-corrected chi connectivity index (χ4v) is 2.28. The van der Waals surface area contributed by atoms with Crippen molar-refractivity contribution in [3.05, 3.63) is 18.0 Å². The molecular formula is C12H14F3N5O. The Labute approximate surface area is 118 Å². The highest BCUT2D eigenvalue weighted by molar-refractivity contribution is 5.44. The molecule has 1 aliphatic rings. The zero-order valence-corrected chi connectivity index (χ0v) is 11.1. The van der Waals surface area contributed by atoms with Gasteiger partial charge in [0.1, 0.15) is 5.82 Å². The van der Waals surface area contributed by atoms with Crippen LogP contribution >= 0.6 is 0 Å². The van der Waals surface area contributed by atoms with Crippen LogP contribution in [0.5, 0.6) is 0 Å². The predicted octanol–water partition coefficient (Wildman–Crippen LogP) is 1.98. The first-order valence-electron chi connectivity index (χ1n) is 6.65. The van der Waals surface area contributed by atoms with Crippen LogP contribution in [0, 0.1) is 5.92 Å². The molecule has 1 atom stereocenters. The summed E-state index contributed by atoms with van der Waals surface area (Å²) in [5.74, 6) is -0.251. The number of hydrogen-bond donors (Lipinski definition) is 1. The monoisotopic (exact) mass is 301 g/mol. The summed E-state index contributed by atoms with van der Waals surface area (Å²) in [5.41, 5.74) is 0.0667. The fraction of sp³-hybridized carbons (Fsp3) is 0.583. The van der Waals surface area contributed by atoms with E-state index in [1.807, 2.05) is 0 Å². The van der Waals surface area contributed by atoms with Crippen molar-refractivity contribution in [1.29, 1.82) is 0 Å². The van der Waals surface area contributed by atoms with Crippen molar-refractivity contribution in [1.82, 2.24) is 19.8 Å². The van der Waals surface area contributed by atoms with Crippen LogP contribution in [0.15, 0.2) is 12.1 Å². The maximum atomic E-state index is 12.7. The molecule has 114 valence electrons. The van der Waals surface area contributed by atoms with E-state index in [-0.39, 0.29) is 5.65 Å². The van der Waals surface area contributed by atoms with Crippen LogP contribution in [0.4, 0.5) is 19.0 Å². The highest BCUT2D eigenvalue weighted by Gasteiger charge is 2.37. The highest BCUT2D eigenvalue weighted by atomic mass is 19.4. The van der Waals surface area contributed by atoms with Crippen molar-refractivity contribution in [2.75, 3.05) is 25.1 Å². The molecule has 0 spiro atoms. The van der Waals surface area contributed by atoms with Crippen LogP contribution < -0.4 is 5.32 Å². The molecule has 0 aromatic carbocycles. The van der Waals surface area contributed by atoms with Gasteiger partial charge in [-0.15, -0.1) is 15.3 Å². The Hall–Kier alpha value is -1.90. The molecule has 1 unspecified atom stereocenters. The third kappa shape index (κ3) is 3.07. The molecule has 2 aromatic rings. The molecule has 3 heterocycles. The van der Waals surface area contributed by atoms with E-state index in [1.54, 1.807) is 6.07 Å². The topological polar surface area (TPSA) is 64.3 Å². The largest absolute Gasteiger partial charge is 0.453 e. The Bertz CT molecular complexity index is 621. The second-order valence-corrected chi connectivity index (χ2v) is 4.96. The van der Waals surface area contributed by atoms with Gasteiger partial charge in [0.05, 0.1) is 0 Å². The molecule has 6 nitrogen and oxygen atoms in total. The van der Waals surface area contributed by atoms with E-state index in [1.165, 1.54) is 6.07 Å². The fourth-order valence-electron chi connectivity index (χ4n) is 2.28. The van der Waals surface area contributed by atoms with E-state index in [2.05, 4.69) is 20.6 Å². The molecule has 1 aliphatic heterocycles. The molecule has 0 radical (unpaired) electrons. The number of ether oxygens (including phenoxy) is 1. The number of nitrogens with zero attached hydrogens (tertiary/aromatic N) is 4. The lowest BCUT2D eigenvalue weighted by atomic mass is 10.1. The predicted molar refractivity (Wildman–Crippen MR) is 67.8 cm³/mol. The number of fused-ring (bicyclic) bond motifs is 1. The number of aromatic nitrogens is 4. The lowest BCUT2D eigenvalue weighted by Gasteiger charge is -2.09. The Balaban J connectivity index is 1.70. The van der Waals surface area contributed by atoms with Crippen LogP contribution in [0.2, 0.25) is 0 Å². The normalized spacial score (nSPS) is 19.3. The Kier molecular flexibility index (Phi) is 3.66. The van der Waals surface area contributed by atoms with E-state index in [0.29, 0.717) is 22.8 Å². The van der Waals surface area contributed by atoms with Crippen molar-refractivity contribution in [2.45, 2.75) is 19.0 Å². The van der Waals surface area contributed by atoms with Gasteiger partial charge in [-0.1, -0.05) is 0 Å². The van der Waals surface area contributed by atoms with Crippen molar-refractivity contribution < 1.29 is 17.9 Å². The lowest BCUT2D eigenvalue weighted by Crippen LogP contribution is -2.14. The van der Waals surface area contributed by atoms with Crippen LogP contribution in [0.3, 0.4) is 0 Å². The van der Waals surface area contributed by atoms with Crippen LogP contribution in [-0.4, -0.2) is 39.6 Å². The van der Waals surface area contributed by atoms with Crippen LogP contribution in [0.25, 0.3) is 5.65 Å². The standard InChI is InChI=1S/C12H14F3N5O/c13-12(14,15)11-18-17-10-2-1-9(19-20(10)11)16-5-3-8-4-6-21-7-8/h1-2,8H,3-7H2,(H,16,19). The van der Waals surface area contributed by atoms with Crippen molar-refractivity contribution >= 4 is 11.5 Å². The number of rotatable bonds is 4. The molecule has 0 saturated carbocycles. The summed E-state index contributed by atoms with van der Waals surface area (Å²) < 4.78 is 44.2. The van der Waals surface area contributed by atoms with Gasteiger partial charge in [0.15, 0.2) is 5.65 Å². The Morgan fingerprint density at radius 3 is 2.90 bits per heavy atom. The number of alkyl halides is 3. The SMILES string of the molecule is FC(F)(F)c1nnc2ccc(NCCC3CCOC3)nn12. The molecule has 1 saturated heterocycles. The minimum Gasteiger partial charge on any atom is -0.381 e. The molecular weight excluding hydrogens is 287 g/mol. The number of anilines is 1. The third-order valence-corrected chi connectivity index (χ3v) is 3.40. The average molecular weight is 301 g/mol. The van der Waals surface area contributed by atoms with E-state index in [9.17, 15) is 13.2 Å². The molecule has 0 amide bonds. The minimum absolute atomic E-state index is 0.0667. The summed E-state index contributed by atoms with van der Waals surface area (Å²) in [4.78, 5) is 0. The van der Waals surface area contributed by atoms with Crippen molar-refractivity contribution in [3.63, 3.8) is 0 Å². The average Bonchev–Trinajstić information content (AvgIpc) is 3.05. The summed E-state index contributed by atoms with van der Waals surface area (Å²) in [6.07, 6.45) is -2.65. The van der Waals surface area contributed by atoms with Gasteiger partial charge in [-0.2, -0.15) is 17.7 Å². The quantitative estimate of drug-likeness (QED) is 0.935. The van der Waals surface area contributed by atoms with E-state index >= 15 is 0 Å². The maximum absolute atomic E-state index is 12.7. The van der Waals surface area contributed by atoms with Gasteiger partial charge in [0, 0.05) is 19.8 Å². The first kappa shape index (κ1) is 14.1. The minimum atomic E-state index is -4.58. The second kappa shape index (κ2) is 5.47. The van der Waals surface area contributed by atoms with Gasteiger partial charge in [0.2, 0.25) is 0 Å². The molecule has 1 fully saturated rings. The van der Waals surface area contributed by atoms with Gasteiger partial charge < -0.3 is 10.1 Å². The van der Waals surface area contributed by atoms with Gasteiger partial charge in [-0.05, 0) is 30.9 Å². The van der Waals surface area contributed by atoms with Crippen molar-refractivity contribution in [2.24, 2.45) is 5.92 Å². The molecule has 1 N–H and O–H groups in total. The zero-order chi connectivity index (χ0) is 14.9. The number of hydrogen-bond acceptors (Lipinski definition) is 5. The van der Waals surface area contributed by atoms with Crippen molar-refractivity contribution in [3.8, 4) is 0 Å². The van der Waals surface area contributed by atoms with Gasteiger partial charge >= 0.3 is 6.18 Å². The Morgan fingerprint density at radius 2 is 2.19 bits per heavy atom. The lowest BCUT2D eigenvalue weighted by molar-refractivity contribution is -0.146. The first-order chi connectivity index (χ1) is 10.0. The first-order valence-corrected chi connectivity index (χ1v) is 6.65. The highest BCUT2D eigenvalue weighted by Crippen LogP contribution is 2.27. The molecule has 0 bridgehead atoms. The molecule has 3 rings (SSSR count).